The van der Waals surface area contributed by atoms with Crippen molar-refractivity contribution in [3.8, 4) is 0 Å². The van der Waals surface area contributed by atoms with Gasteiger partial charge in [0.25, 0.3) is 0 Å². The molecule has 0 radical (unpaired) electrons. The first-order valence-electron chi connectivity index (χ1n) is 5.22. The molecule has 2 saturated heterocycles. The SMILES string of the molecule is O=C1C=CC=C(N2CCN3CC3C2)C1=O. The smallest absolute Gasteiger partial charge is 0.248 e. The van der Waals surface area contributed by atoms with Crippen LogP contribution in [0.5, 0.6) is 0 Å². The maximum absolute atomic E-state index is 11.6. The van der Waals surface area contributed by atoms with Crippen LogP contribution in [0.15, 0.2) is 23.9 Å². The van der Waals surface area contributed by atoms with Gasteiger partial charge in [-0.05, 0) is 12.2 Å². The first-order chi connectivity index (χ1) is 7.25. The van der Waals surface area contributed by atoms with Crippen molar-refractivity contribution in [1.82, 2.24) is 9.80 Å². The molecule has 2 unspecified atom stereocenters. The van der Waals surface area contributed by atoms with Crippen LogP contribution in [-0.4, -0.2) is 53.6 Å². The molecule has 2 fully saturated rings. The number of rotatable bonds is 1. The Kier molecular flexibility index (Phi) is 1.79. The zero-order chi connectivity index (χ0) is 10.4. The Balaban J connectivity index is 1.81. The Morgan fingerprint density at radius 2 is 2.07 bits per heavy atom. The number of allylic oxidation sites excluding steroid dienone is 4. The second kappa shape index (κ2) is 3.03. The maximum Gasteiger partial charge on any atom is 0.248 e. The molecular weight excluding hydrogens is 192 g/mol. The third-order valence-corrected chi connectivity index (χ3v) is 3.22. The highest BCUT2D eigenvalue weighted by atomic mass is 16.2. The molecular formula is C11H12N2O2. The van der Waals surface area contributed by atoms with Gasteiger partial charge in [-0.1, -0.05) is 6.08 Å². The van der Waals surface area contributed by atoms with Gasteiger partial charge >= 0.3 is 0 Å². The van der Waals surface area contributed by atoms with Crippen molar-refractivity contribution >= 4 is 11.6 Å². The van der Waals surface area contributed by atoms with E-state index in [0.29, 0.717) is 11.7 Å². The lowest BCUT2D eigenvalue weighted by molar-refractivity contribution is -0.132. The molecule has 0 aromatic heterocycles. The third kappa shape index (κ3) is 1.41. The molecule has 0 amide bonds. The lowest BCUT2D eigenvalue weighted by Crippen LogP contribution is -2.41. The zero-order valence-electron chi connectivity index (χ0n) is 8.35. The summed E-state index contributed by atoms with van der Waals surface area (Å²) in [6, 6.07) is 0.605. The molecule has 78 valence electrons. The number of carbonyl (C=O) groups is 2. The predicted molar refractivity (Wildman–Crippen MR) is 54.2 cm³/mol. The molecule has 0 aromatic rings. The van der Waals surface area contributed by atoms with Crippen LogP contribution < -0.4 is 0 Å². The van der Waals surface area contributed by atoms with E-state index in [1.54, 1.807) is 12.2 Å². The molecule has 4 nitrogen and oxygen atoms in total. The molecule has 2 heterocycles. The Morgan fingerprint density at radius 3 is 2.87 bits per heavy atom. The van der Waals surface area contributed by atoms with Crippen molar-refractivity contribution in [2.45, 2.75) is 6.04 Å². The Labute approximate surface area is 87.8 Å². The molecule has 2 atom stereocenters. The van der Waals surface area contributed by atoms with E-state index in [1.165, 1.54) is 6.08 Å². The molecule has 0 bridgehead atoms. The van der Waals surface area contributed by atoms with Gasteiger partial charge in [-0.3, -0.25) is 14.5 Å². The molecule has 1 aliphatic carbocycles. The summed E-state index contributed by atoms with van der Waals surface area (Å²) in [5.74, 6) is -0.752. The number of carbonyl (C=O) groups excluding carboxylic acids is 2. The van der Waals surface area contributed by atoms with E-state index in [1.807, 2.05) is 4.90 Å². The van der Waals surface area contributed by atoms with Gasteiger partial charge in [0, 0.05) is 32.2 Å². The van der Waals surface area contributed by atoms with Crippen LogP contribution in [0, 0.1) is 0 Å². The normalized spacial score (nSPS) is 33.9. The fourth-order valence-corrected chi connectivity index (χ4v) is 2.24. The Morgan fingerprint density at radius 1 is 1.20 bits per heavy atom. The summed E-state index contributed by atoms with van der Waals surface area (Å²) in [4.78, 5) is 27.3. The van der Waals surface area contributed by atoms with Crippen molar-refractivity contribution in [1.29, 1.82) is 0 Å². The van der Waals surface area contributed by atoms with Gasteiger partial charge < -0.3 is 4.90 Å². The second-order valence-corrected chi connectivity index (χ2v) is 4.20. The molecule has 3 aliphatic rings. The summed E-state index contributed by atoms with van der Waals surface area (Å²) in [5.41, 5.74) is 0.578. The lowest BCUT2D eigenvalue weighted by Gasteiger charge is -2.30. The number of Topliss-reactive ketones (excluding diaryl/α,β-unsaturated/α-hetero) is 1. The standard InChI is InChI=1S/C11H12N2O2/c14-10-3-1-2-9(11(10)15)13-5-4-12-6-8(12)7-13/h1-3,8H,4-7H2. The van der Waals surface area contributed by atoms with E-state index in [-0.39, 0.29) is 5.78 Å². The van der Waals surface area contributed by atoms with Crippen LogP contribution in [0.25, 0.3) is 0 Å². The summed E-state index contributed by atoms with van der Waals surface area (Å²) >= 11 is 0. The molecule has 0 aromatic carbocycles. The molecule has 0 saturated carbocycles. The van der Waals surface area contributed by atoms with E-state index < -0.39 is 5.78 Å². The highest BCUT2D eigenvalue weighted by Crippen LogP contribution is 2.25. The van der Waals surface area contributed by atoms with Gasteiger partial charge in [0.1, 0.15) is 0 Å². The van der Waals surface area contributed by atoms with Gasteiger partial charge in [-0.25, -0.2) is 0 Å². The molecule has 0 N–H and O–H groups in total. The first-order valence-corrected chi connectivity index (χ1v) is 5.22. The third-order valence-electron chi connectivity index (χ3n) is 3.22. The number of nitrogens with zero attached hydrogens (tertiary/aromatic N) is 2. The van der Waals surface area contributed by atoms with Crippen molar-refractivity contribution in [3.63, 3.8) is 0 Å². The van der Waals surface area contributed by atoms with E-state index in [9.17, 15) is 9.59 Å². The van der Waals surface area contributed by atoms with E-state index in [0.717, 1.165) is 26.2 Å². The first kappa shape index (κ1) is 8.85. The van der Waals surface area contributed by atoms with Crippen LogP contribution in [0.4, 0.5) is 0 Å². The van der Waals surface area contributed by atoms with Crippen molar-refractivity contribution < 1.29 is 9.59 Å². The monoisotopic (exact) mass is 204 g/mol. The van der Waals surface area contributed by atoms with Crippen molar-refractivity contribution in [2.24, 2.45) is 0 Å². The summed E-state index contributed by atoms with van der Waals surface area (Å²) in [6.45, 7) is 3.89. The highest BCUT2D eigenvalue weighted by Gasteiger charge is 2.40. The number of hydrogen-bond donors (Lipinski definition) is 0. The number of piperazine rings is 1. The van der Waals surface area contributed by atoms with Crippen molar-refractivity contribution in [3.05, 3.63) is 23.9 Å². The van der Waals surface area contributed by atoms with Gasteiger partial charge in [-0.15, -0.1) is 0 Å². The Hall–Kier alpha value is -1.42. The van der Waals surface area contributed by atoms with Crippen LogP contribution in [0.3, 0.4) is 0 Å². The minimum atomic E-state index is -0.397. The van der Waals surface area contributed by atoms with E-state index >= 15 is 0 Å². The summed E-state index contributed by atoms with van der Waals surface area (Å²) in [5, 5.41) is 0. The maximum atomic E-state index is 11.6. The zero-order valence-corrected chi connectivity index (χ0v) is 8.35. The molecule has 4 heteroatoms. The predicted octanol–water partition coefficient (Wildman–Crippen LogP) is -0.422. The van der Waals surface area contributed by atoms with Crippen LogP contribution in [0.2, 0.25) is 0 Å². The Bertz CT molecular complexity index is 397. The van der Waals surface area contributed by atoms with Gasteiger partial charge in [0.15, 0.2) is 0 Å². The summed E-state index contributed by atoms with van der Waals surface area (Å²) < 4.78 is 0. The minimum Gasteiger partial charge on any atom is -0.365 e. The molecule has 2 aliphatic heterocycles. The van der Waals surface area contributed by atoms with Gasteiger partial charge in [-0.2, -0.15) is 0 Å². The van der Waals surface area contributed by atoms with Gasteiger partial charge in [0.05, 0.1) is 5.70 Å². The van der Waals surface area contributed by atoms with Crippen LogP contribution >= 0.6 is 0 Å². The fourth-order valence-electron chi connectivity index (χ4n) is 2.24. The number of ketones is 2. The lowest BCUT2D eigenvalue weighted by atomic mass is 10.1. The summed E-state index contributed by atoms with van der Waals surface area (Å²) in [6.07, 6.45) is 4.75. The highest BCUT2D eigenvalue weighted by molar-refractivity contribution is 6.47. The molecule has 0 spiro atoms. The van der Waals surface area contributed by atoms with Crippen LogP contribution in [-0.2, 0) is 9.59 Å². The number of hydrogen-bond acceptors (Lipinski definition) is 4. The fraction of sp³-hybridized carbons (Fsp3) is 0.455. The average molecular weight is 204 g/mol. The topological polar surface area (TPSA) is 40.4 Å². The average Bonchev–Trinajstić information content (AvgIpc) is 3.00. The number of fused-ring (bicyclic) bond motifs is 1. The van der Waals surface area contributed by atoms with E-state index in [2.05, 4.69) is 4.90 Å². The quantitative estimate of drug-likeness (QED) is 0.330. The summed E-state index contributed by atoms with van der Waals surface area (Å²) in [7, 11) is 0. The molecule has 3 rings (SSSR count). The van der Waals surface area contributed by atoms with Gasteiger partial charge in [0.2, 0.25) is 11.6 Å². The largest absolute Gasteiger partial charge is 0.365 e. The second-order valence-electron chi connectivity index (χ2n) is 4.20. The van der Waals surface area contributed by atoms with Crippen LogP contribution in [0.1, 0.15) is 0 Å². The minimum absolute atomic E-state index is 0.355. The van der Waals surface area contributed by atoms with Crippen molar-refractivity contribution in [2.75, 3.05) is 26.2 Å². The van der Waals surface area contributed by atoms with E-state index in [4.69, 9.17) is 0 Å². The molecule has 15 heavy (non-hydrogen) atoms.